The van der Waals surface area contributed by atoms with Crippen LogP contribution in [0, 0.1) is 0 Å². The molecule has 0 atom stereocenters. The van der Waals surface area contributed by atoms with Crippen LogP contribution in [0.25, 0.3) is 0 Å². The van der Waals surface area contributed by atoms with Crippen molar-refractivity contribution in [2.45, 2.75) is 45.2 Å². The van der Waals surface area contributed by atoms with Crippen molar-refractivity contribution in [1.82, 2.24) is 19.8 Å². The monoisotopic (exact) mass is 320 g/mol. The van der Waals surface area contributed by atoms with E-state index in [1.54, 1.807) is 0 Å². The molecule has 5 heteroatoms. The first-order valence-electron chi connectivity index (χ1n) is 8.58. The quantitative estimate of drug-likeness (QED) is 0.851. The second kappa shape index (κ2) is 7.75. The zero-order valence-corrected chi connectivity index (χ0v) is 14.7. The van der Waals surface area contributed by atoms with Gasteiger partial charge in [0, 0.05) is 62.4 Å². The van der Waals surface area contributed by atoms with Gasteiger partial charge in [-0.05, 0) is 18.9 Å². The van der Waals surface area contributed by atoms with E-state index in [1.165, 1.54) is 56.2 Å². The second-order valence-corrected chi connectivity index (χ2v) is 7.94. The summed E-state index contributed by atoms with van der Waals surface area (Å²) in [6.45, 7) is 10.3. The standard InChI is InChI=1S/C17H28N4S/c1-14(2)17-18-6-3-15(19-17)13-20-7-4-16(5-8-20)21-9-11-22-12-10-21/h3,6,14,16H,4-5,7-13H2,1-2H3. The fourth-order valence-corrected chi connectivity index (χ4v) is 4.32. The van der Waals surface area contributed by atoms with Crippen molar-refractivity contribution >= 4 is 11.8 Å². The summed E-state index contributed by atoms with van der Waals surface area (Å²) >= 11 is 2.10. The van der Waals surface area contributed by atoms with Crippen molar-refractivity contribution in [3.05, 3.63) is 23.8 Å². The minimum absolute atomic E-state index is 0.405. The van der Waals surface area contributed by atoms with Crippen LogP contribution in [-0.4, -0.2) is 63.5 Å². The van der Waals surface area contributed by atoms with Crippen LogP contribution in [0.2, 0.25) is 0 Å². The molecule has 0 bridgehead atoms. The summed E-state index contributed by atoms with van der Waals surface area (Å²) in [5.41, 5.74) is 1.17. The number of aromatic nitrogens is 2. The predicted octanol–water partition coefficient (Wildman–Crippen LogP) is 2.61. The molecule has 0 aromatic carbocycles. The molecule has 2 aliphatic rings. The summed E-state index contributed by atoms with van der Waals surface area (Å²) in [6, 6.07) is 2.88. The van der Waals surface area contributed by atoms with Crippen LogP contribution in [0.4, 0.5) is 0 Å². The molecule has 2 aliphatic heterocycles. The van der Waals surface area contributed by atoms with Crippen LogP contribution in [0.3, 0.4) is 0 Å². The van der Waals surface area contributed by atoms with Crippen molar-refractivity contribution in [1.29, 1.82) is 0 Å². The van der Waals surface area contributed by atoms with Gasteiger partial charge in [-0.1, -0.05) is 13.8 Å². The molecule has 0 amide bonds. The molecule has 1 aromatic heterocycles. The van der Waals surface area contributed by atoms with E-state index in [2.05, 4.69) is 46.5 Å². The Morgan fingerprint density at radius 3 is 2.59 bits per heavy atom. The predicted molar refractivity (Wildman–Crippen MR) is 93.3 cm³/mol. The fourth-order valence-electron chi connectivity index (χ4n) is 3.39. The molecule has 22 heavy (non-hydrogen) atoms. The Morgan fingerprint density at radius 2 is 1.91 bits per heavy atom. The number of rotatable bonds is 4. The summed E-state index contributed by atoms with van der Waals surface area (Å²) in [6.07, 6.45) is 4.54. The van der Waals surface area contributed by atoms with Gasteiger partial charge in [0.15, 0.2) is 0 Å². The van der Waals surface area contributed by atoms with Gasteiger partial charge in [0.25, 0.3) is 0 Å². The zero-order chi connectivity index (χ0) is 15.4. The normalized spacial score (nSPS) is 22.3. The average molecular weight is 321 g/mol. The molecule has 0 spiro atoms. The van der Waals surface area contributed by atoms with Crippen LogP contribution in [0.15, 0.2) is 12.3 Å². The molecule has 2 saturated heterocycles. The topological polar surface area (TPSA) is 32.3 Å². The molecule has 122 valence electrons. The molecule has 0 radical (unpaired) electrons. The lowest BCUT2D eigenvalue weighted by Crippen LogP contribution is -2.47. The fraction of sp³-hybridized carbons (Fsp3) is 0.765. The third-order valence-electron chi connectivity index (χ3n) is 4.75. The lowest BCUT2D eigenvalue weighted by molar-refractivity contribution is 0.111. The SMILES string of the molecule is CC(C)c1nccc(CN2CCC(N3CCSCC3)CC2)n1. The van der Waals surface area contributed by atoms with Crippen LogP contribution in [-0.2, 0) is 6.54 Å². The van der Waals surface area contributed by atoms with Crippen molar-refractivity contribution in [3.63, 3.8) is 0 Å². The van der Waals surface area contributed by atoms with E-state index >= 15 is 0 Å². The maximum absolute atomic E-state index is 4.71. The van der Waals surface area contributed by atoms with Crippen LogP contribution < -0.4 is 0 Å². The van der Waals surface area contributed by atoms with Gasteiger partial charge in [-0.15, -0.1) is 0 Å². The second-order valence-electron chi connectivity index (χ2n) is 6.72. The van der Waals surface area contributed by atoms with E-state index in [0.29, 0.717) is 5.92 Å². The highest BCUT2D eigenvalue weighted by Crippen LogP contribution is 2.21. The highest BCUT2D eigenvalue weighted by molar-refractivity contribution is 7.99. The summed E-state index contributed by atoms with van der Waals surface area (Å²) < 4.78 is 0. The van der Waals surface area contributed by atoms with Gasteiger partial charge in [-0.3, -0.25) is 9.80 Å². The van der Waals surface area contributed by atoms with Gasteiger partial charge in [0.05, 0.1) is 5.69 Å². The van der Waals surface area contributed by atoms with Gasteiger partial charge in [0.2, 0.25) is 0 Å². The number of piperidine rings is 1. The lowest BCUT2D eigenvalue weighted by atomic mass is 10.0. The summed E-state index contributed by atoms with van der Waals surface area (Å²) in [7, 11) is 0. The lowest BCUT2D eigenvalue weighted by Gasteiger charge is -2.40. The van der Waals surface area contributed by atoms with Crippen molar-refractivity contribution in [2.24, 2.45) is 0 Å². The van der Waals surface area contributed by atoms with Crippen LogP contribution in [0.5, 0.6) is 0 Å². The Labute approximate surface area is 138 Å². The summed E-state index contributed by atoms with van der Waals surface area (Å²) in [4.78, 5) is 14.4. The molecular formula is C17H28N4S. The first kappa shape index (κ1) is 16.2. The third-order valence-corrected chi connectivity index (χ3v) is 5.70. The molecule has 3 heterocycles. The third kappa shape index (κ3) is 4.21. The Morgan fingerprint density at radius 1 is 1.18 bits per heavy atom. The molecule has 0 unspecified atom stereocenters. The van der Waals surface area contributed by atoms with E-state index in [9.17, 15) is 0 Å². The number of likely N-dealkylation sites (tertiary alicyclic amines) is 1. The van der Waals surface area contributed by atoms with Gasteiger partial charge >= 0.3 is 0 Å². The summed E-state index contributed by atoms with van der Waals surface area (Å²) in [5.74, 6) is 4.01. The van der Waals surface area contributed by atoms with E-state index in [0.717, 1.165) is 18.4 Å². The van der Waals surface area contributed by atoms with E-state index < -0.39 is 0 Å². The Hall–Kier alpha value is -0.650. The van der Waals surface area contributed by atoms with Crippen molar-refractivity contribution in [3.8, 4) is 0 Å². The first-order valence-corrected chi connectivity index (χ1v) is 9.74. The number of nitrogens with zero attached hydrogens (tertiary/aromatic N) is 4. The van der Waals surface area contributed by atoms with Gasteiger partial charge in [-0.2, -0.15) is 11.8 Å². The molecule has 4 nitrogen and oxygen atoms in total. The Bertz CT molecular complexity index is 465. The van der Waals surface area contributed by atoms with Gasteiger partial charge < -0.3 is 0 Å². The highest BCUT2D eigenvalue weighted by atomic mass is 32.2. The first-order chi connectivity index (χ1) is 10.7. The van der Waals surface area contributed by atoms with E-state index in [1.807, 2.05) is 6.20 Å². The molecule has 1 aromatic rings. The molecular weight excluding hydrogens is 292 g/mol. The molecule has 0 N–H and O–H groups in total. The largest absolute Gasteiger partial charge is 0.299 e. The minimum Gasteiger partial charge on any atom is -0.299 e. The molecule has 3 rings (SSSR count). The Balaban J connectivity index is 1.50. The van der Waals surface area contributed by atoms with Crippen molar-refractivity contribution in [2.75, 3.05) is 37.7 Å². The number of hydrogen-bond acceptors (Lipinski definition) is 5. The number of thioether (sulfide) groups is 1. The summed E-state index contributed by atoms with van der Waals surface area (Å²) in [5, 5.41) is 0. The van der Waals surface area contributed by atoms with Gasteiger partial charge in [0.1, 0.15) is 5.82 Å². The van der Waals surface area contributed by atoms with E-state index in [-0.39, 0.29) is 0 Å². The van der Waals surface area contributed by atoms with Gasteiger partial charge in [-0.25, -0.2) is 9.97 Å². The average Bonchev–Trinajstić information content (AvgIpc) is 2.56. The minimum atomic E-state index is 0.405. The van der Waals surface area contributed by atoms with Crippen molar-refractivity contribution < 1.29 is 0 Å². The maximum Gasteiger partial charge on any atom is 0.131 e. The zero-order valence-electron chi connectivity index (χ0n) is 13.9. The Kier molecular flexibility index (Phi) is 5.71. The van der Waals surface area contributed by atoms with Crippen LogP contribution >= 0.6 is 11.8 Å². The van der Waals surface area contributed by atoms with E-state index in [4.69, 9.17) is 4.98 Å². The maximum atomic E-state index is 4.71. The smallest absolute Gasteiger partial charge is 0.131 e. The van der Waals surface area contributed by atoms with Crippen LogP contribution in [0.1, 0.15) is 44.1 Å². The number of hydrogen-bond donors (Lipinski definition) is 0. The molecule has 2 fully saturated rings. The molecule has 0 saturated carbocycles. The molecule has 0 aliphatic carbocycles. The highest BCUT2D eigenvalue weighted by Gasteiger charge is 2.25.